The predicted octanol–water partition coefficient (Wildman–Crippen LogP) is 2.03. The molecule has 1 fully saturated rings. The van der Waals surface area contributed by atoms with Crippen molar-refractivity contribution in [1.82, 2.24) is 14.7 Å². The molecule has 6 heteroatoms. The molecule has 0 aliphatic carbocycles. The van der Waals surface area contributed by atoms with E-state index in [1.54, 1.807) is 11.1 Å². The third-order valence-electron chi connectivity index (χ3n) is 4.17. The van der Waals surface area contributed by atoms with E-state index in [0.717, 1.165) is 12.2 Å². The fourth-order valence-corrected chi connectivity index (χ4v) is 3.05. The Morgan fingerprint density at radius 1 is 1.41 bits per heavy atom. The van der Waals surface area contributed by atoms with Gasteiger partial charge in [-0.05, 0) is 25.2 Å². The molecule has 0 saturated carbocycles. The summed E-state index contributed by atoms with van der Waals surface area (Å²) in [7, 11) is 0. The molecule has 2 unspecified atom stereocenters. The van der Waals surface area contributed by atoms with E-state index in [2.05, 4.69) is 18.9 Å². The van der Waals surface area contributed by atoms with Gasteiger partial charge in [-0.3, -0.25) is 14.3 Å². The van der Waals surface area contributed by atoms with Crippen LogP contribution >= 0.6 is 0 Å². The minimum absolute atomic E-state index is 0.106. The van der Waals surface area contributed by atoms with Crippen molar-refractivity contribution in [2.24, 2.45) is 17.8 Å². The first-order valence-electron chi connectivity index (χ1n) is 7.84. The first-order valence-corrected chi connectivity index (χ1v) is 7.84. The fraction of sp³-hybridized carbons (Fsp3) is 0.688. The van der Waals surface area contributed by atoms with Gasteiger partial charge in [-0.2, -0.15) is 5.10 Å². The molecule has 0 spiro atoms. The summed E-state index contributed by atoms with van der Waals surface area (Å²) in [6, 6.07) is 0. The summed E-state index contributed by atoms with van der Waals surface area (Å²) < 4.78 is 1.85. The van der Waals surface area contributed by atoms with Crippen LogP contribution in [0, 0.1) is 24.7 Å². The molecular formula is C16H25N3O3. The maximum absolute atomic E-state index is 12.7. The quantitative estimate of drug-likeness (QED) is 0.923. The molecule has 2 atom stereocenters. The van der Waals surface area contributed by atoms with E-state index < -0.39 is 11.9 Å². The van der Waals surface area contributed by atoms with Gasteiger partial charge in [0, 0.05) is 25.3 Å². The Balaban J connectivity index is 2.17. The molecule has 0 aromatic carbocycles. The highest BCUT2D eigenvalue weighted by Crippen LogP contribution is 2.24. The van der Waals surface area contributed by atoms with E-state index in [-0.39, 0.29) is 18.4 Å². The lowest BCUT2D eigenvalue weighted by Crippen LogP contribution is -2.45. The minimum Gasteiger partial charge on any atom is -0.481 e. The molecular weight excluding hydrogens is 282 g/mol. The zero-order valence-electron chi connectivity index (χ0n) is 13.7. The van der Waals surface area contributed by atoms with E-state index in [1.807, 2.05) is 18.5 Å². The zero-order valence-corrected chi connectivity index (χ0v) is 13.7. The van der Waals surface area contributed by atoms with E-state index in [0.29, 0.717) is 24.4 Å². The number of carbonyl (C=O) groups excluding carboxylic acids is 1. The van der Waals surface area contributed by atoms with Crippen LogP contribution in [0.3, 0.4) is 0 Å². The Morgan fingerprint density at radius 3 is 2.68 bits per heavy atom. The number of rotatable bonds is 4. The summed E-state index contributed by atoms with van der Waals surface area (Å²) in [6.07, 6.45) is 2.24. The largest absolute Gasteiger partial charge is 0.481 e. The fourth-order valence-electron chi connectivity index (χ4n) is 3.05. The smallest absolute Gasteiger partial charge is 0.308 e. The molecule has 122 valence electrons. The van der Waals surface area contributed by atoms with Crippen molar-refractivity contribution >= 4 is 11.9 Å². The zero-order chi connectivity index (χ0) is 16.4. The number of hydrogen-bond donors (Lipinski definition) is 1. The first-order chi connectivity index (χ1) is 10.3. The molecule has 22 heavy (non-hydrogen) atoms. The summed E-state index contributed by atoms with van der Waals surface area (Å²) in [5.41, 5.74) is 1.43. The van der Waals surface area contributed by atoms with Crippen molar-refractivity contribution in [3.63, 3.8) is 0 Å². The molecule has 0 radical (unpaired) electrons. The lowest BCUT2D eigenvalue weighted by molar-refractivity contribution is -0.143. The van der Waals surface area contributed by atoms with Gasteiger partial charge in [-0.25, -0.2) is 0 Å². The number of aliphatic carboxylic acids is 1. The average Bonchev–Trinajstić information content (AvgIpc) is 2.78. The second-order valence-corrected chi connectivity index (χ2v) is 6.81. The maximum Gasteiger partial charge on any atom is 0.308 e. The molecule has 1 aromatic rings. The number of piperidine rings is 1. The molecule has 1 saturated heterocycles. The standard InChI is InChI=1S/C16H25N3O3/c1-10(2)7-19-12(4)14(6-17-19)15(20)18-8-11(3)5-13(9-18)16(21)22/h6,10-11,13H,5,7-9H2,1-4H3,(H,21,22). The SMILES string of the molecule is Cc1c(C(=O)N2CC(C)CC(C(=O)O)C2)cnn1CC(C)C. The number of hydrogen-bond acceptors (Lipinski definition) is 3. The molecule has 6 nitrogen and oxygen atoms in total. The minimum atomic E-state index is -0.823. The van der Waals surface area contributed by atoms with Crippen LogP contribution in [0.1, 0.15) is 43.2 Å². The van der Waals surface area contributed by atoms with E-state index in [1.165, 1.54) is 0 Å². The molecule has 1 aromatic heterocycles. The van der Waals surface area contributed by atoms with Crippen molar-refractivity contribution < 1.29 is 14.7 Å². The van der Waals surface area contributed by atoms with Crippen molar-refractivity contribution in [3.05, 3.63) is 17.5 Å². The normalized spacial score (nSPS) is 22.1. The third kappa shape index (κ3) is 3.48. The van der Waals surface area contributed by atoms with Crippen LogP contribution in [0.15, 0.2) is 6.20 Å². The van der Waals surface area contributed by atoms with Crippen molar-refractivity contribution in [1.29, 1.82) is 0 Å². The van der Waals surface area contributed by atoms with Crippen LogP contribution in [-0.2, 0) is 11.3 Å². The highest BCUT2D eigenvalue weighted by molar-refractivity contribution is 5.95. The second-order valence-electron chi connectivity index (χ2n) is 6.81. The summed E-state index contributed by atoms with van der Waals surface area (Å²) >= 11 is 0. The highest BCUT2D eigenvalue weighted by Gasteiger charge is 2.33. The van der Waals surface area contributed by atoms with Gasteiger partial charge in [0.1, 0.15) is 0 Å². The number of nitrogens with zero attached hydrogens (tertiary/aromatic N) is 3. The third-order valence-corrected chi connectivity index (χ3v) is 4.17. The van der Waals surface area contributed by atoms with E-state index in [4.69, 9.17) is 0 Å². The van der Waals surface area contributed by atoms with Crippen LogP contribution in [-0.4, -0.2) is 44.8 Å². The van der Waals surface area contributed by atoms with E-state index >= 15 is 0 Å². The van der Waals surface area contributed by atoms with Crippen molar-refractivity contribution in [2.75, 3.05) is 13.1 Å². The van der Waals surface area contributed by atoms with Crippen LogP contribution in [0.2, 0.25) is 0 Å². The number of likely N-dealkylation sites (tertiary alicyclic amines) is 1. The van der Waals surface area contributed by atoms with Gasteiger partial charge in [0.2, 0.25) is 0 Å². The molecule has 1 aliphatic rings. The van der Waals surface area contributed by atoms with Gasteiger partial charge in [0.05, 0.1) is 17.7 Å². The van der Waals surface area contributed by atoms with Gasteiger partial charge in [-0.1, -0.05) is 20.8 Å². The molecule has 1 amide bonds. The number of carboxylic acid groups (broad SMARTS) is 1. The number of carboxylic acids is 1. The Hall–Kier alpha value is -1.85. The Bertz CT molecular complexity index is 565. The summed E-state index contributed by atoms with van der Waals surface area (Å²) in [4.78, 5) is 25.6. The second kappa shape index (κ2) is 6.50. The highest BCUT2D eigenvalue weighted by atomic mass is 16.4. The average molecular weight is 307 g/mol. The summed E-state index contributed by atoms with van der Waals surface area (Å²) in [5, 5.41) is 13.5. The predicted molar refractivity (Wildman–Crippen MR) is 82.6 cm³/mol. The maximum atomic E-state index is 12.7. The van der Waals surface area contributed by atoms with Crippen LogP contribution in [0.5, 0.6) is 0 Å². The van der Waals surface area contributed by atoms with Crippen LogP contribution in [0.4, 0.5) is 0 Å². The molecule has 2 heterocycles. The van der Waals surface area contributed by atoms with Gasteiger partial charge in [-0.15, -0.1) is 0 Å². The Morgan fingerprint density at radius 2 is 2.09 bits per heavy atom. The van der Waals surface area contributed by atoms with Gasteiger partial charge in [0.15, 0.2) is 0 Å². The van der Waals surface area contributed by atoms with Crippen LogP contribution < -0.4 is 0 Å². The first kappa shape index (κ1) is 16.5. The van der Waals surface area contributed by atoms with Crippen molar-refractivity contribution in [2.45, 2.75) is 40.7 Å². The molecule has 2 rings (SSSR count). The Kier molecular flexibility index (Phi) is 4.88. The molecule has 1 aliphatic heterocycles. The van der Waals surface area contributed by atoms with Gasteiger partial charge < -0.3 is 10.0 Å². The van der Waals surface area contributed by atoms with E-state index in [9.17, 15) is 14.7 Å². The number of carbonyl (C=O) groups is 2. The number of aromatic nitrogens is 2. The topological polar surface area (TPSA) is 75.4 Å². The lowest BCUT2D eigenvalue weighted by Gasteiger charge is -2.34. The van der Waals surface area contributed by atoms with Gasteiger partial charge >= 0.3 is 5.97 Å². The molecule has 1 N–H and O–H groups in total. The van der Waals surface area contributed by atoms with Crippen molar-refractivity contribution in [3.8, 4) is 0 Å². The summed E-state index contributed by atoms with van der Waals surface area (Å²) in [5.74, 6) is -0.752. The lowest BCUT2D eigenvalue weighted by atomic mass is 9.90. The van der Waals surface area contributed by atoms with Gasteiger partial charge in [0.25, 0.3) is 5.91 Å². The Labute approximate surface area is 131 Å². The summed E-state index contributed by atoms with van der Waals surface area (Å²) in [6.45, 7) is 9.76. The molecule has 0 bridgehead atoms. The number of amides is 1. The monoisotopic (exact) mass is 307 g/mol. The van der Waals surface area contributed by atoms with Crippen LogP contribution in [0.25, 0.3) is 0 Å².